The predicted molar refractivity (Wildman–Crippen MR) is 567 cm³/mol. The van der Waals surface area contributed by atoms with Gasteiger partial charge in [0.25, 0.3) is 11.8 Å². The number of hydrogen-bond donors (Lipinski definition) is 4. The second-order valence-electron chi connectivity index (χ2n) is 38.5. The van der Waals surface area contributed by atoms with Gasteiger partial charge in [0.1, 0.15) is 35.2 Å². The summed E-state index contributed by atoms with van der Waals surface area (Å²) in [6, 6.07) is 97.0. The Hall–Kier alpha value is -13.1. The number of unbranched alkanes of at least 4 members (excludes halogenated alkanes) is 6. The fourth-order valence-corrected chi connectivity index (χ4v) is 19.8. The van der Waals surface area contributed by atoms with Crippen molar-refractivity contribution in [2.75, 3.05) is 169 Å². The summed E-state index contributed by atoms with van der Waals surface area (Å²) in [7, 11) is 8.65. The number of anilines is 3. The molecule has 5 aliphatic heterocycles. The van der Waals surface area contributed by atoms with Crippen LogP contribution in [0.25, 0.3) is 33.4 Å². The largest absolute Gasteiger partial charge is 0.496 e. The van der Waals surface area contributed by atoms with Crippen molar-refractivity contribution >= 4 is 53.1 Å². The van der Waals surface area contributed by atoms with Crippen LogP contribution in [0, 0.1) is 5.92 Å². The third-order valence-electron chi connectivity index (χ3n) is 28.0. The van der Waals surface area contributed by atoms with Gasteiger partial charge in [-0.3, -0.25) is 49.9 Å². The standard InChI is InChI=1S/C40H44N4O4.C40H43N3O4.C39H56N4O4/c45-39(41-37-19-9-7-17-35(37)31-13-3-1-4-14-31)47-33-21-27-43(28-22-33)25-11-12-26-44-29-23-34(24-30-44)48-40(46)42-38-20-10-8-18-36(38)32-15-5-2-6-16-32;41-39(46)40(31-13-5-3-6-14-31,32-15-7-4-8-16-32)33-24-27-42(29-33)26-23-30-19-21-34(22-20-30)47-28-12-2-1-11-25-43-37(44)35-17-9-10-18-36(35)38(43)45;1-41(28-30-43(2,3)29-14-5-6-15-31-46-32-34-18-10-13-21-38(34)45-4)26-27-42-24-22-35(23-25-42)47-39(44)40-37-20-12-11-19-36(37)33-16-8-7-9-17-33/h1-20,33-34H,21-30H2,(H,41,45)(H,42,46);3-10,13-22,33H,1-2,11-12,23-29H2,(H2,41,46);7-13,16-21,35H,5-6,14-15,22-32H2,1-4H3/p+1/b12-11+;;. The molecule has 4 saturated heterocycles. The van der Waals surface area contributed by atoms with Crippen LogP contribution in [-0.4, -0.2) is 241 Å². The minimum Gasteiger partial charge on any atom is -0.496 e. The number of piperidine rings is 3. The Kier molecular flexibility index (Phi) is 40.4. The van der Waals surface area contributed by atoms with Crippen LogP contribution in [-0.2, 0) is 42.2 Å². The molecular weight excluding hydrogens is 1780 g/mol. The summed E-state index contributed by atoms with van der Waals surface area (Å²) in [5.74, 6) is 1.18. The van der Waals surface area contributed by atoms with E-state index in [1.54, 1.807) is 31.4 Å². The lowest BCUT2D eigenvalue weighted by Gasteiger charge is -2.37. The number of benzene rings is 11. The zero-order valence-corrected chi connectivity index (χ0v) is 83.3. The number of primary amides is 1. The summed E-state index contributed by atoms with van der Waals surface area (Å²) in [5, 5.41) is 8.88. The van der Waals surface area contributed by atoms with Crippen molar-refractivity contribution < 1.29 is 61.7 Å². The van der Waals surface area contributed by atoms with Gasteiger partial charge in [0.05, 0.1) is 75.7 Å². The number of likely N-dealkylation sites (N-methyl/N-ethyl adjacent to an activating group) is 2. The molecule has 23 nitrogen and oxygen atoms in total. The molecule has 0 radical (unpaired) electrons. The number of para-hydroxylation sites is 4. The van der Waals surface area contributed by atoms with Crippen LogP contribution in [0.15, 0.2) is 309 Å². The van der Waals surface area contributed by atoms with Gasteiger partial charge in [-0.2, -0.15) is 0 Å². The molecule has 5 N–H and O–H groups in total. The zero-order chi connectivity index (χ0) is 98.9. The second-order valence-corrected chi connectivity index (χ2v) is 38.5. The van der Waals surface area contributed by atoms with Gasteiger partial charge in [0.2, 0.25) is 5.91 Å². The van der Waals surface area contributed by atoms with Gasteiger partial charge in [-0.1, -0.05) is 280 Å². The van der Waals surface area contributed by atoms with Crippen LogP contribution in [0.1, 0.15) is 139 Å². The number of fused-ring (bicyclic) bond motifs is 1. The predicted octanol–water partition coefficient (Wildman–Crippen LogP) is 21.7. The summed E-state index contributed by atoms with van der Waals surface area (Å²) >= 11 is 0. The first kappa shape index (κ1) is 105. The molecule has 0 aliphatic carbocycles. The van der Waals surface area contributed by atoms with E-state index in [-0.39, 0.29) is 48.0 Å². The molecule has 1 atom stereocenters. The molecule has 746 valence electrons. The number of imide groups is 1. The Bertz CT molecular complexity index is 5560. The van der Waals surface area contributed by atoms with E-state index in [0.717, 1.165) is 271 Å². The summed E-state index contributed by atoms with van der Waals surface area (Å²) in [5.41, 5.74) is 19.1. The summed E-state index contributed by atoms with van der Waals surface area (Å²) < 4.78 is 35.7. The lowest BCUT2D eigenvalue weighted by atomic mass is 9.64. The number of carbonyl (C=O) groups is 6. The van der Waals surface area contributed by atoms with Crippen LogP contribution in [0.5, 0.6) is 11.5 Å². The maximum Gasteiger partial charge on any atom is 0.411 e. The van der Waals surface area contributed by atoms with Crippen molar-refractivity contribution in [2.45, 2.75) is 133 Å². The number of nitrogens with zero attached hydrogens (tertiary/aromatic N) is 7. The Labute approximate surface area is 840 Å². The molecule has 16 rings (SSSR count). The highest BCUT2D eigenvalue weighted by Crippen LogP contribution is 2.44. The van der Waals surface area contributed by atoms with Crippen molar-refractivity contribution in [3.05, 3.63) is 343 Å². The fraction of sp³-hybridized carbons (Fsp3) is 0.378. The molecule has 11 aromatic carbocycles. The number of quaternary nitrogens is 1. The summed E-state index contributed by atoms with van der Waals surface area (Å²) in [4.78, 5) is 90.1. The van der Waals surface area contributed by atoms with Crippen LogP contribution >= 0.6 is 0 Å². The van der Waals surface area contributed by atoms with Crippen molar-refractivity contribution in [3.8, 4) is 44.9 Å². The van der Waals surface area contributed by atoms with Crippen LogP contribution in [0.3, 0.4) is 0 Å². The van der Waals surface area contributed by atoms with E-state index in [1.165, 1.54) is 36.3 Å². The van der Waals surface area contributed by atoms with Gasteiger partial charge in [0.15, 0.2) is 0 Å². The van der Waals surface area contributed by atoms with Gasteiger partial charge in [-0.25, -0.2) is 14.4 Å². The minimum absolute atomic E-state index is 0.0445. The maximum atomic E-state index is 13.3. The van der Waals surface area contributed by atoms with Crippen LogP contribution < -0.4 is 31.2 Å². The number of nitrogens with two attached hydrogens (primary N) is 1. The Morgan fingerprint density at radius 3 is 1.28 bits per heavy atom. The van der Waals surface area contributed by atoms with E-state index in [4.69, 9.17) is 34.2 Å². The molecule has 1 unspecified atom stereocenters. The van der Waals surface area contributed by atoms with Gasteiger partial charge in [0, 0.05) is 120 Å². The first-order valence-electron chi connectivity index (χ1n) is 51.1. The lowest BCUT2D eigenvalue weighted by Crippen LogP contribution is -2.49. The highest BCUT2D eigenvalue weighted by molar-refractivity contribution is 6.21. The van der Waals surface area contributed by atoms with E-state index in [0.29, 0.717) is 30.9 Å². The molecule has 5 aliphatic rings. The Morgan fingerprint density at radius 2 is 0.817 bits per heavy atom. The van der Waals surface area contributed by atoms with Crippen molar-refractivity contribution in [1.82, 2.24) is 29.4 Å². The van der Waals surface area contributed by atoms with Crippen LogP contribution in [0.2, 0.25) is 0 Å². The number of carbonyl (C=O) groups excluding carboxylic acids is 6. The highest BCUT2D eigenvalue weighted by atomic mass is 16.6. The number of amides is 6. The third kappa shape index (κ3) is 31.2. The first-order valence-corrected chi connectivity index (χ1v) is 51.1. The molecule has 23 heteroatoms. The average molecular weight is 1920 g/mol. The zero-order valence-electron chi connectivity index (χ0n) is 83.3. The first-order chi connectivity index (χ1) is 69.4. The molecule has 11 aromatic rings. The molecule has 0 aromatic heterocycles. The van der Waals surface area contributed by atoms with Crippen molar-refractivity contribution in [2.24, 2.45) is 11.7 Å². The van der Waals surface area contributed by atoms with Gasteiger partial charge in [-0.15, -0.1) is 0 Å². The number of ether oxygens (including phenoxy) is 6. The quantitative estimate of drug-likeness (QED) is 0.00912. The normalized spacial score (nSPS) is 15.7. The molecule has 4 fully saturated rings. The number of likely N-dealkylation sites (tertiary alicyclic amines) is 4. The summed E-state index contributed by atoms with van der Waals surface area (Å²) in [6.07, 6.45) is 18.3. The third-order valence-corrected chi connectivity index (χ3v) is 28.0. The maximum absolute atomic E-state index is 13.3. The second kappa shape index (κ2) is 54.8. The molecule has 5 heterocycles. The van der Waals surface area contributed by atoms with Gasteiger partial charge < -0.3 is 48.4 Å². The van der Waals surface area contributed by atoms with E-state index < -0.39 is 17.6 Å². The Morgan fingerprint density at radius 1 is 0.415 bits per heavy atom. The molecule has 142 heavy (non-hydrogen) atoms. The number of rotatable bonds is 44. The van der Waals surface area contributed by atoms with Crippen molar-refractivity contribution in [3.63, 3.8) is 0 Å². The van der Waals surface area contributed by atoms with Crippen LogP contribution in [0.4, 0.5) is 31.4 Å². The van der Waals surface area contributed by atoms with E-state index in [1.807, 2.05) is 255 Å². The number of methoxy groups -OCH3 is 1. The fourth-order valence-electron chi connectivity index (χ4n) is 19.8. The topological polar surface area (TPSA) is 239 Å². The molecule has 0 saturated carbocycles. The molecular formula is C119H144N11O12+. The number of nitrogens with one attached hydrogen (secondary N) is 3. The Balaban J connectivity index is 0.000000169. The minimum atomic E-state index is -0.866. The lowest BCUT2D eigenvalue weighted by molar-refractivity contribution is -0.890. The highest BCUT2D eigenvalue weighted by Gasteiger charge is 2.50. The number of hydrogen-bond acceptors (Lipinski definition) is 17. The summed E-state index contributed by atoms with van der Waals surface area (Å²) in [6.45, 7) is 17.9. The van der Waals surface area contributed by atoms with Gasteiger partial charge >= 0.3 is 18.3 Å². The van der Waals surface area contributed by atoms with E-state index in [2.05, 4.69) is 91.9 Å². The smallest absolute Gasteiger partial charge is 0.411 e. The molecule has 0 spiro atoms. The monoisotopic (exact) mass is 1920 g/mol. The van der Waals surface area contributed by atoms with Gasteiger partial charge in [-0.05, 0) is 185 Å². The van der Waals surface area contributed by atoms with E-state index >= 15 is 0 Å². The average Bonchev–Trinajstić information content (AvgIpc) is 1.17. The van der Waals surface area contributed by atoms with Crippen molar-refractivity contribution in [1.29, 1.82) is 0 Å². The molecule has 0 bridgehead atoms. The van der Waals surface area contributed by atoms with E-state index in [9.17, 15) is 28.8 Å². The SMILES string of the molecule is COc1ccccc1COCCCCCC[N+](C)(C)CCN(C)CCN1CCC(OC(=O)Nc2ccccc2-c2ccccc2)CC1.NC(=O)C(c1ccccc1)(c1ccccc1)C1CCN(CCc2ccc(OCCCCCCN3C(=O)c4ccccc4C3=O)cc2)C1.O=C(Nc1ccccc1-c1ccccc1)OC1CCN(C/C=C/CN2CCC(OC(=O)Nc3ccccc3-c3ccccc3)CC2)CC1. The molecule has 6 amide bonds.